The minimum Gasteiger partial charge on any atom is -0.330 e. The first-order valence-electron chi connectivity index (χ1n) is 7.08. The minimum atomic E-state index is 0.751. The zero-order valence-electron chi connectivity index (χ0n) is 11.3. The van der Waals surface area contributed by atoms with E-state index in [-0.39, 0.29) is 0 Å². The number of unbranched alkanes of at least 4 members (excludes halogenated alkanes) is 1. The summed E-state index contributed by atoms with van der Waals surface area (Å²) in [6, 6.07) is 0.751. The van der Waals surface area contributed by atoms with Crippen LogP contribution in [0.15, 0.2) is 0 Å². The first kappa shape index (κ1) is 14.0. The summed E-state index contributed by atoms with van der Waals surface area (Å²) in [6.45, 7) is 9.11. The van der Waals surface area contributed by atoms with E-state index < -0.39 is 0 Å². The quantitative estimate of drug-likeness (QED) is 0.684. The van der Waals surface area contributed by atoms with Gasteiger partial charge in [-0.2, -0.15) is 0 Å². The Labute approximate surface area is 101 Å². The molecule has 0 aromatic rings. The molecule has 1 saturated carbocycles. The Morgan fingerprint density at radius 2 is 2.00 bits per heavy atom. The Hall–Kier alpha value is -0.0800. The lowest BCUT2D eigenvalue weighted by atomic mass is 9.74. The Kier molecular flexibility index (Phi) is 6.37. The molecule has 1 fully saturated rings. The van der Waals surface area contributed by atoms with E-state index in [1.54, 1.807) is 0 Å². The van der Waals surface area contributed by atoms with Gasteiger partial charge in [-0.05, 0) is 56.5 Å². The molecule has 3 atom stereocenters. The number of nitrogens with one attached hydrogen (secondary N) is 1. The molecule has 2 nitrogen and oxygen atoms in total. The van der Waals surface area contributed by atoms with E-state index in [1.165, 1.54) is 25.7 Å². The number of rotatable bonds is 6. The van der Waals surface area contributed by atoms with Crippen molar-refractivity contribution in [1.29, 1.82) is 0 Å². The molecule has 0 aromatic heterocycles. The average molecular weight is 226 g/mol. The molecule has 1 aliphatic carbocycles. The zero-order valence-corrected chi connectivity index (χ0v) is 11.3. The van der Waals surface area contributed by atoms with Gasteiger partial charge in [-0.25, -0.2) is 0 Å². The molecule has 0 saturated heterocycles. The van der Waals surface area contributed by atoms with Gasteiger partial charge < -0.3 is 11.1 Å². The predicted molar refractivity (Wildman–Crippen MR) is 71.4 cm³/mol. The first-order chi connectivity index (χ1) is 7.65. The first-order valence-corrected chi connectivity index (χ1v) is 7.08. The summed E-state index contributed by atoms with van der Waals surface area (Å²) < 4.78 is 0. The third-order valence-electron chi connectivity index (χ3n) is 4.06. The normalized spacial score (nSPS) is 30.9. The summed E-state index contributed by atoms with van der Waals surface area (Å²) in [5.41, 5.74) is 5.52. The molecule has 96 valence electrons. The van der Waals surface area contributed by atoms with Crippen molar-refractivity contribution in [2.75, 3.05) is 13.1 Å². The highest BCUT2D eigenvalue weighted by molar-refractivity contribution is 4.85. The number of hydrogen-bond donors (Lipinski definition) is 2. The summed E-state index contributed by atoms with van der Waals surface area (Å²) >= 11 is 0. The molecular formula is C14H30N2. The van der Waals surface area contributed by atoms with Gasteiger partial charge in [-0.3, -0.25) is 0 Å². The van der Waals surface area contributed by atoms with Crippen LogP contribution < -0.4 is 11.1 Å². The van der Waals surface area contributed by atoms with E-state index in [9.17, 15) is 0 Å². The molecule has 0 aromatic carbocycles. The maximum absolute atomic E-state index is 5.52. The number of nitrogens with two attached hydrogens (primary N) is 1. The van der Waals surface area contributed by atoms with Crippen molar-refractivity contribution in [2.24, 2.45) is 23.5 Å². The smallest absolute Gasteiger partial charge is 0.0100 e. The van der Waals surface area contributed by atoms with Gasteiger partial charge in [0.05, 0.1) is 0 Å². The largest absolute Gasteiger partial charge is 0.330 e. The van der Waals surface area contributed by atoms with Crippen LogP contribution in [0.2, 0.25) is 0 Å². The lowest BCUT2D eigenvalue weighted by molar-refractivity contribution is 0.170. The van der Waals surface area contributed by atoms with Crippen molar-refractivity contribution in [3.8, 4) is 0 Å². The Morgan fingerprint density at radius 1 is 1.25 bits per heavy atom. The highest BCUT2D eigenvalue weighted by atomic mass is 14.9. The molecule has 0 radical (unpaired) electrons. The third kappa shape index (κ3) is 4.42. The topological polar surface area (TPSA) is 38.0 Å². The van der Waals surface area contributed by atoms with E-state index in [0.29, 0.717) is 0 Å². The van der Waals surface area contributed by atoms with Crippen LogP contribution in [0.1, 0.15) is 52.9 Å². The van der Waals surface area contributed by atoms with Crippen molar-refractivity contribution < 1.29 is 0 Å². The van der Waals surface area contributed by atoms with Crippen LogP contribution in [0.25, 0.3) is 0 Å². The summed E-state index contributed by atoms with van der Waals surface area (Å²) in [6.07, 6.45) is 6.58. The summed E-state index contributed by atoms with van der Waals surface area (Å²) in [7, 11) is 0. The maximum Gasteiger partial charge on any atom is 0.0100 e. The second kappa shape index (κ2) is 7.29. The van der Waals surface area contributed by atoms with E-state index in [0.717, 1.165) is 43.3 Å². The van der Waals surface area contributed by atoms with Gasteiger partial charge in [0.15, 0.2) is 0 Å². The van der Waals surface area contributed by atoms with Crippen LogP contribution in [0, 0.1) is 17.8 Å². The molecule has 3 N–H and O–H groups in total. The van der Waals surface area contributed by atoms with Gasteiger partial charge in [0.2, 0.25) is 0 Å². The fourth-order valence-corrected chi connectivity index (χ4v) is 2.99. The van der Waals surface area contributed by atoms with Crippen molar-refractivity contribution in [1.82, 2.24) is 5.32 Å². The summed E-state index contributed by atoms with van der Waals surface area (Å²) in [5, 5.41) is 3.76. The van der Waals surface area contributed by atoms with E-state index >= 15 is 0 Å². The molecule has 1 aliphatic rings. The monoisotopic (exact) mass is 226 g/mol. The molecular weight excluding hydrogens is 196 g/mol. The van der Waals surface area contributed by atoms with Crippen molar-refractivity contribution >= 4 is 0 Å². The van der Waals surface area contributed by atoms with Gasteiger partial charge >= 0.3 is 0 Å². The predicted octanol–water partition coefficient (Wildman–Crippen LogP) is 2.78. The third-order valence-corrected chi connectivity index (χ3v) is 4.06. The summed E-state index contributed by atoms with van der Waals surface area (Å²) in [5.74, 6) is 2.61. The van der Waals surface area contributed by atoms with Crippen molar-refractivity contribution in [3.05, 3.63) is 0 Å². The van der Waals surface area contributed by atoms with Crippen LogP contribution in [-0.4, -0.2) is 19.1 Å². The molecule has 1 rings (SSSR count). The van der Waals surface area contributed by atoms with Gasteiger partial charge in [-0.1, -0.05) is 27.2 Å². The zero-order chi connectivity index (χ0) is 12.0. The summed E-state index contributed by atoms with van der Waals surface area (Å²) in [4.78, 5) is 0. The fraction of sp³-hybridized carbons (Fsp3) is 1.00. The molecule has 0 spiro atoms. The van der Waals surface area contributed by atoms with Crippen molar-refractivity contribution in [2.45, 2.75) is 58.9 Å². The highest BCUT2D eigenvalue weighted by Gasteiger charge is 2.29. The molecule has 2 heteroatoms. The average Bonchev–Trinajstić information content (AvgIpc) is 2.24. The Bertz CT molecular complexity index is 180. The van der Waals surface area contributed by atoms with E-state index in [4.69, 9.17) is 5.73 Å². The molecule has 0 aliphatic heterocycles. The van der Waals surface area contributed by atoms with Crippen LogP contribution >= 0.6 is 0 Å². The SMILES string of the molecule is CC1CCC(C(C)C)C(NCCCCN)C1. The van der Waals surface area contributed by atoms with Gasteiger partial charge in [0.1, 0.15) is 0 Å². The van der Waals surface area contributed by atoms with Crippen LogP contribution in [0.4, 0.5) is 0 Å². The highest BCUT2D eigenvalue weighted by Crippen LogP contribution is 2.33. The molecule has 0 amide bonds. The molecule has 0 bridgehead atoms. The van der Waals surface area contributed by atoms with Gasteiger partial charge in [0, 0.05) is 6.04 Å². The second-order valence-corrected chi connectivity index (χ2v) is 5.88. The standard InChI is InChI=1S/C14H30N2/c1-11(2)13-7-6-12(3)10-14(13)16-9-5-4-8-15/h11-14,16H,4-10,15H2,1-3H3. The van der Waals surface area contributed by atoms with Crippen molar-refractivity contribution in [3.63, 3.8) is 0 Å². The lowest BCUT2D eigenvalue weighted by Crippen LogP contribution is -2.43. The fourth-order valence-electron chi connectivity index (χ4n) is 2.99. The van der Waals surface area contributed by atoms with E-state index in [1.807, 2.05) is 0 Å². The minimum absolute atomic E-state index is 0.751. The van der Waals surface area contributed by atoms with Gasteiger partial charge in [-0.15, -0.1) is 0 Å². The molecule has 3 unspecified atom stereocenters. The Morgan fingerprint density at radius 3 is 2.62 bits per heavy atom. The van der Waals surface area contributed by atoms with Crippen LogP contribution in [0.5, 0.6) is 0 Å². The lowest BCUT2D eigenvalue weighted by Gasteiger charge is -2.38. The molecule has 0 heterocycles. The van der Waals surface area contributed by atoms with Crippen LogP contribution in [-0.2, 0) is 0 Å². The second-order valence-electron chi connectivity index (χ2n) is 5.88. The maximum atomic E-state index is 5.52. The molecule has 16 heavy (non-hydrogen) atoms. The number of hydrogen-bond acceptors (Lipinski definition) is 2. The van der Waals surface area contributed by atoms with Gasteiger partial charge in [0.25, 0.3) is 0 Å². The van der Waals surface area contributed by atoms with E-state index in [2.05, 4.69) is 26.1 Å². The van der Waals surface area contributed by atoms with Crippen LogP contribution in [0.3, 0.4) is 0 Å². The Balaban J connectivity index is 2.33.